The van der Waals surface area contributed by atoms with Crippen LogP contribution in [-0.2, 0) is 9.53 Å². The monoisotopic (exact) mass is 381 g/mol. The first-order valence-corrected chi connectivity index (χ1v) is 8.98. The van der Waals surface area contributed by atoms with E-state index in [4.69, 9.17) is 4.74 Å². The van der Waals surface area contributed by atoms with Crippen molar-refractivity contribution in [2.24, 2.45) is 0 Å². The molecular weight excluding hydrogens is 349 g/mol. The summed E-state index contributed by atoms with van der Waals surface area (Å²) in [4.78, 5) is 17.7. The van der Waals surface area contributed by atoms with Gasteiger partial charge in [-0.2, -0.15) is 0 Å². The number of hydrogen-bond donors (Lipinski definition) is 1. The number of carbonyl (C=O) groups excluding carboxylic acids is 1. The third kappa shape index (κ3) is 4.55. The predicted octanol–water partition coefficient (Wildman–Crippen LogP) is 2.07. The average Bonchev–Trinajstić information content (AvgIpc) is 3.00. The zero-order valence-corrected chi connectivity index (χ0v) is 16.6. The number of carbonyl (C=O) groups is 1. The second-order valence-electron chi connectivity index (χ2n) is 7.28. The molecule has 1 aliphatic carbocycles. The summed E-state index contributed by atoms with van der Waals surface area (Å²) in [6.45, 7) is 9.73. The number of rotatable bonds is 3. The van der Waals surface area contributed by atoms with Gasteiger partial charge in [0.1, 0.15) is 0 Å². The molecule has 0 aromatic heterocycles. The second kappa shape index (κ2) is 9.58. The summed E-state index contributed by atoms with van der Waals surface area (Å²) in [5.41, 5.74) is 0.106. The Morgan fingerprint density at radius 1 is 1.12 bits per heavy atom. The van der Waals surface area contributed by atoms with Crippen molar-refractivity contribution in [3.63, 3.8) is 0 Å². The molecular formula is C17H33Cl2N3O2. The van der Waals surface area contributed by atoms with Gasteiger partial charge >= 0.3 is 0 Å². The van der Waals surface area contributed by atoms with Gasteiger partial charge in [-0.25, -0.2) is 0 Å². The molecule has 2 unspecified atom stereocenters. The van der Waals surface area contributed by atoms with Gasteiger partial charge in [0.15, 0.2) is 0 Å². The summed E-state index contributed by atoms with van der Waals surface area (Å²) < 4.78 is 5.51. The molecule has 1 N–H and O–H groups in total. The SMILES string of the molecule is CC1NCCN(C(=O)CC2(N3CCOCC3)CCCC2)C1C.Cl.Cl. The lowest BCUT2D eigenvalue weighted by atomic mass is 9.89. The molecule has 3 aliphatic rings. The van der Waals surface area contributed by atoms with Crippen LogP contribution in [0, 0.1) is 0 Å². The summed E-state index contributed by atoms with van der Waals surface area (Å²) >= 11 is 0. The Balaban J connectivity index is 0.00000144. The highest BCUT2D eigenvalue weighted by Crippen LogP contribution is 2.39. The van der Waals surface area contributed by atoms with Crippen molar-refractivity contribution >= 4 is 30.7 Å². The zero-order chi connectivity index (χ0) is 15.6. The van der Waals surface area contributed by atoms with Crippen LogP contribution in [0.3, 0.4) is 0 Å². The fraction of sp³-hybridized carbons (Fsp3) is 0.941. The van der Waals surface area contributed by atoms with E-state index in [9.17, 15) is 4.79 Å². The molecule has 2 heterocycles. The predicted molar refractivity (Wildman–Crippen MR) is 101 cm³/mol. The lowest BCUT2D eigenvalue weighted by Crippen LogP contribution is -2.60. The van der Waals surface area contributed by atoms with Crippen molar-refractivity contribution in [3.8, 4) is 0 Å². The van der Waals surface area contributed by atoms with Crippen LogP contribution in [0.5, 0.6) is 0 Å². The molecule has 142 valence electrons. The van der Waals surface area contributed by atoms with Crippen molar-refractivity contribution in [1.29, 1.82) is 0 Å². The zero-order valence-electron chi connectivity index (χ0n) is 15.0. The van der Waals surface area contributed by atoms with Gasteiger partial charge in [0.05, 0.1) is 13.2 Å². The number of morpholine rings is 1. The number of ether oxygens (including phenoxy) is 1. The molecule has 3 fully saturated rings. The van der Waals surface area contributed by atoms with Gasteiger partial charge in [-0.1, -0.05) is 12.8 Å². The molecule has 2 saturated heterocycles. The summed E-state index contributed by atoms with van der Waals surface area (Å²) in [5, 5.41) is 3.46. The van der Waals surface area contributed by atoms with E-state index in [1.807, 2.05) is 0 Å². The first-order valence-electron chi connectivity index (χ1n) is 8.98. The summed E-state index contributed by atoms with van der Waals surface area (Å²) in [6.07, 6.45) is 5.57. The van der Waals surface area contributed by atoms with Gasteiger partial charge in [-0.05, 0) is 26.7 Å². The standard InChI is InChI=1S/C17H31N3O2.2ClH/c1-14-15(2)20(8-7-18-14)16(21)13-17(5-3-4-6-17)19-9-11-22-12-10-19;;/h14-15,18H,3-13H2,1-2H3;2*1H. The highest BCUT2D eigenvalue weighted by atomic mass is 35.5. The van der Waals surface area contributed by atoms with Crippen LogP contribution in [0.1, 0.15) is 46.0 Å². The minimum absolute atomic E-state index is 0. The fourth-order valence-electron chi connectivity index (χ4n) is 4.47. The number of piperazine rings is 1. The minimum atomic E-state index is 0. The van der Waals surface area contributed by atoms with E-state index in [1.165, 1.54) is 25.7 Å². The van der Waals surface area contributed by atoms with Crippen molar-refractivity contribution in [2.75, 3.05) is 39.4 Å². The first-order chi connectivity index (χ1) is 10.6. The first kappa shape index (κ1) is 22.0. The molecule has 2 aliphatic heterocycles. The number of nitrogens with one attached hydrogen (secondary N) is 1. The molecule has 0 spiro atoms. The number of nitrogens with zero attached hydrogens (tertiary/aromatic N) is 2. The Morgan fingerprint density at radius 3 is 2.38 bits per heavy atom. The lowest BCUT2D eigenvalue weighted by molar-refractivity contribution is -0.139. The molecule has 2 atom stereocenters. The van der Waals surface area contributed by atoms with Crippen LogP contribution in [0.25, 0.3) is 0 Å². The Kier molecular flexibility index (Phi) is 8.77. The van der Waals surface area contributed by atoms with Gasteiger partial charge < -0.3 is 15.0 Å². The molecule has 0 aromatic carbocycles. The largest absolute Gasteiger partial charge is 0.379 e. The maximum atomic E-state index is 13.0. The lowest BCUT2D eigenvalue weighted by Gasteiger charge is -2.45. The second-order valence-corrected chi connectivity index (χ2v) is 7.28. The number of halogens is 2. The van der Waals surface area contributed by atoms with Crippen LogP contribution >= 0.6 is 24.8 Å². The van der Waals surface area contributed by atoms with E-state index in [0.717, 1.165) is 39.4 Å². The Labute approximate surface area is 158 Å². The summed E-state index contributed by atoms with van der Waals surface area (Å²) in [7, 11) is 0. The van der Waals surface area contributed by atoms with Gasteiger partial charge in [-0.3, -0.25) is 9.69 Å². The highest BCUT2D eigenvalue weighted by Gasteiger charge is 2.43. The van der Waals surface area contributed by atoms with E-state index in [2.05, 4.69) is 29.0 Å². The topological polar surface area (TPSA) is 44.8 Å². The third-order valence-electron chi connectivity index (χ3n) is 6.05. The molecule has 7 heteroatoms. The Hall–Kier alpha value is -0.0700. The number of amides is 1. The fourth-order valence-corrected chi connectivity index (χ4v) is 4.47. The van der Waals surface area contributed by atoms with Crippen LogP contribution in [0.15, 0.2) is 0 Å². The van der Waals surface area contributed by atoms with E-state index in [0.29, 0.717) is 24.4 Å². The quantitative estimate of drug-likeness (QED) is 0.812. The highest BCUT2D eigenvalue weighted by molar-refractivity contribution is 5.85. The summed E-state index contributed by atoms with van der Waals surface area (Å²) in [6, 6.07) is 0.685. The molecule has 5 nitrogen and oxygen atoms in total. The van der Waals surface area contributed by atoms with Gasteiger partial charge in [-0.15, -0.1) is 24.8 Å². The smallest absolute Gasteiger partial charge is 0.224 e. The van der Waals surface area contributed by atoms with E-state index >= 15 is 0 Å². The molecule has 24 heavy (non-hydrogen) atoms. The Morgan fingerprint density at radius 2 is 1.75 bits per heavy atom. The maximum absolute atomic E-state index is 13.0. The number of hydrogen-bond acceptors (Lipinski definition) is 4. The molecule has 1 amide bonds. The van der Waals surface area contributed by atoms with E-state index in [1.54, 1.807) is 0 Å². The molecule has 0 bridgehead atoms. The molecule has 1 saturated carbocycles. The van der Waals surface area contributed by atoms with Crippen LogP contribution < -0.4 is 5.32 Å². The van der Waals surface area contributed by atoms with E-state index < -0.39 is 0 Å². The summed E-state index contributed by atoms with van der Waals surface area (Å²) in [5.74, 6) is 0.356. The van der Waals surface area contributed by atoms with Crippen molar-refractivity contribution < 1.29 is 9.53 Å². The van der Waals surface area contributed by atoms with Gasteiger partial charge in [0, 0.05) is 50.2 Å². The average molecular weight is 382 g/mol. The van der Waals surface area contributed by atoms with Gasteiger partial charge in [0.2, 0.25) is 5.91 Å². The molecule has 0 radical (unpaired) electrons. The minimum Gasteiger partial charge on any atom is -0.379 e. The van der Waals surface area contributed by atoms with Crippen molar-refractivity contribution in [1.82, 2.24) is 15.1 Å². The molecule has 0 aromatic rings. The van der Waals surface area contributed by atoms with E-state index in [-0.39, 0.29) is 30.4 Å². The van der Waals surface area contributed by atoms with Crippen molar-refractivity contribution in [3.05, 3.63) is 0 Å². The molecule has 3 rings (SSSR count). The normalized spacial score (nSPS) is 30.3. The van der Waals surface area contributed by atoms with Crippen LogP contribution in [0.4, 0.5) is 0 Å². The maximum Gasteiger partial charge on any atom is 0.224 e. The third-order valence-corrected chi connectivity index (χ3v) is 6.05. The Bertz CT molecular complexity index is 399. The van der Waals surface area contributed by atoms with Crippen LogP contribution in [-0.4, -0.2) is 72.7 Å². The van der Waals surface area contributed by atoms with Crippen LogP contribution in [0.2, 0.25) is 0 Å². The van der Waals surface area contributed by atoms with Crippen molar-refractivity contribution in [2.45, 2.75) is 63.6 Å². The van der Waals surface area contributed by atoms with Gasteiger partial charge in [0.25, 0.3) is 0 Å².